The number of rotatable bonds is 7. The molecule has 10 nitrogen and oxygen atoms in total. The number of aromatic nitrogens is 3. The summed E-state index contributed by atoms with van der Waals surface area (Å²) in [7, 11) is 4.00. The lowest BCUT2D eigenvalue weighted by Crippen LogP contribution is -2.43. The summed E-state index contributed by atoms with van der Waals surface area (Å²) in [5.41, 5.74) is 8.87. The number of fused-ring (bicyclic) bond motifs is 2. The zero-order valence-electron chi connectivity index (χ0n) is 20.8. The van der Waals surface area contributed by atoms with Gasteiger partial charge >= 0.3 is 0 Å². The van der Waals surface area contributed by atoms with Crippen molar-refractivity contribution in [2.24, 2.45) is 5.92 Å². The second-order valence-electron chi connectivity index (χ2n) is 9.51. The summed E-state index contributed by atoms with van der Waals surface area (Å²) in [4.78, 5) is 26.1. The van der Waals surface area contributed by atoms with Crippen molar-refractivity contribution in [3.8, 4) is 11.5 Å². The number of benzene rings is 1. The quantitative estimate of drug-likeness (QED) is 0.492. The molecule has 192 valence electrons. The summed E-state index contributed by atoms with van der Waals surface area (Å²) >= 11 is 1.57. The zero-order valence-corrected chi connectivity index (χ0v) is 21.6. The average molecular weight is 513 g/mol. The first kappa shape index (κ1) is 24.5. The van der Waals surface area contributed by atoms with Gasteiger partial charge in [0.1, 0.15) is 11.6 Å². The van der Waals surface area contributed by atoms with Gasteiger partial charge in [0.15, 0.2) is 22.5 Å². The molecule has 1 saturated heterocycles. The van der Waals surface area contributed by atoms with Crippen molar-refractivity contribution < 1.29 is 19.4 Å². The Morgan fingerprint density at radius 3 is 2.69 bits per heavy atom. The highest BCUT2D eigenvalue weighted by Crippen LogP contribution is 2.44. The van der Waals surface area contributed by atoms with Crippen molar-refractivity contribution in [1.29, 1.82) is 0 Å². The fraction of sp³-hybridized carbons (Fsp3) is 0.480. The van der Waals surface area contributed by atoms with E-state index in [-0.39, 0.29) is 12.7 Å². The fourth-order valence-corrected chi connectivity index (χ4v) is 5.95. The lowest BCUT2D eigenvalue weighted by molar-refractivity contribution is -0.140. The Morgan fingerprint density at radius 1 is 1.28 bits per heavy atom. The molecule has 4 heterocycles. The van der Waals surface area contributed by atoms with Crippen molar-refractivity contribution >= 4 is 40.2 Å². The van der Waals surface area contributed by atoms with Crippen molar-refractivity contribution in [3.05, 3.63) is 24.4 Å². The number of amides is 1. The molecule has 2 aliphatic heterocycles. The van der Waals surface area contributed by atoms with Gasteiger partial charge in [0.25, 0.3) is 5.91 Å². The van der Waals surface area contributed by atoms with Crippen molar-refractivity contribution in [1.82, 2.24) is 19.4 Å². The van der Waals surface area contributed by atoms with Gasteiger partial charge in [-0.1, -0.05) is 0 Å². The van der Waals surface area contributed by atoms with Gasteiger partial charge in [-0.05, 0) is 49.9 Å². The molecule has 0 aliphatic carbocycles. The molecular weight excluding hydrogens is 480 g/mol. The highest BCUT2D eigenvalue weighted by atomic mass is 32.2. The molecule has 36 heavy (non-hydrogen) atoms. The van der Waals surface area contributed by atoms with E-state index in [0.717, 1.165) is 58.6 Å². The van der Waals surface area contributed by atoms with E-state index in [9.17, 15) is 9.90 Å². The number of nitrogen functional groups attached to an aromatic ring is 1. The largest absolute Gasteiger partial charge is 0.454 e. The third-order valence-corrected chi connectivity index (χ3v) is 7.88. The number of carbonyl (C=O) groups excluding carboxylic acids is 1. The third-order valence-electron chi connectivity index (χ3n) is 6.84. The first-order valence-electron chi connectivity index (χ1n) is 12.2. The van der Waals surface area contributed by atoms with Crippen LogP contribution in [-0.4, -0.2) is 70.5 Å². The summed E-state index contributed by atoms with van der Waals surface area (Å²) in [6.07, 6.45) is 3.57. The maximum absolute atomic E-state index is 12.1. The van der Waals surface area contributed by atoms with E-state index in [2.05, 4.69) is 14.5 Å². The summed E-state index contributed by atoms with van der Waals surface area (Å²) in [6, 6.07) is 5.96. The Hall–Kier alpha value is -3.18. The molecule has 3 aromatic rings. The molecule has 0 radical (unpaired) electrons. The Bertz CT molecular complexity index is 1270. The van der Waals surface area contributed by atoms with Crippen molar-refractivity contribution in [2.75, 3.05) is 44.6 Å². The predicted molar refractivity (Wildman–Crippen MR) is 139 cm³/mol. The number of ether oxygens (including phenoxy) is 2. The maximum atomic E-state index is 12.1. The Balaban J connectivity index is 1.39. The molecule has 0 spiro atoms. The van der Waals surface area contributed by atoms with E-state index in [4.69, 9.17) is 20.2 Å². The molecule has 1 amide bonds. The van der Waals surface area contributed by atoms with Gasteiger partial charge in [-0.25, -0.2) is 9.97 Å². The highest BCUT2D eigenvalue weighted by Gasteiger charge is 2.26. The summed E-state index contributed by atoms with van der Waals surface area (Å²) in [5.74, 6) is 2.18. The minimum Gasteiger partial charge on any atom is -0.454 e. The summed E-state index contributed by atoms with van der Waals surface area (Å²) < 4.78 is 13.4. The van der Waals surface area contributed by atoms with Crippen LogP contribution in [0.25, 0.3) is 11.0 Å². The number of carbonyl (C=O) groups is 1. The number of anilines is 2. The van der Waals surface area contributed by atoms with E-state index in [1.54, 1.807) is 22.9 Å². The first-order chi connectivity index (χ1) is 17.3. The summed E-state index contributed by atoms with van der Waals surface area (Å²) in [6.45, 7) is 3.89. The molecule has 2 aliphatic rings. The number of piperidine rings is 1. The molecule has 1 aromatic carbocycles. The average Bonchev–Trinajstić information content (AvgIpc) is 3.46. The number of nitrogens with two attached hydrogens (primary N) is 1. The molecule has 0 saturated carbocycles. The van der Waals surface area contributed by atoms with Crippen LogP contribution >= 0.6 is 11.8 Å². The van der Waals surface area contributed by atoms with E-state index >= 15 is 0 Å². The minimum atomic E-state index is -0.944. The number of aliphatic hydroxyl groups is 1. The van der Waals surface area contributed by atoms with Crippen LogP contribution in [0, 0.1) is 5.92 Å². The van der Waals surface area contributed by atoms with Gasteiger partial charge in [-0.2, -0.15) is 0 Å². The zero-order chi connectivity index (χ0) is 25.4. The van der Waals surface area contributed by atoms with Gasteiger partial charge in [0.05, 0.1) is 11.2 Å². The number of likely N-dealkylation sites (tertiary alicyclic amines) is 1. The number of pyridine rings is 1. The van der Waals surface area contributed by atoms with Gasteiger partial charge in [0.2, 0.25) is 6.79 Å². The van der Waals surface area contributed by atoms with Crippen LogP contribution in [0.1, 0.15) is 26.2 Å². The molecule has 1 atom stereocenters. The van der Waals surface area contributed by atoms with Crippen LogP contribution in [0.2, 0.25) is 0 Å². The van der Waals surface area contributed by atoms with E-state index in [1.807, 2.05) is 32.3 Å². The molecule has 1 fully saturated rings. The van der Waals surface area contributed by atoms with Gasteiger partial charge in [-0.3, -0.25) is 4.79 Å². The highest BCUT2D eigenvalue weighted by molar-refractivity contribution is 7.99. The topological polar surface area (TPSA) is 119 Å². The lowest BCUT2D eigenvalue weighted by atomic mass is 9.93. The molecular formula is C25H32N6O4S. The van der Waals surface area contributed by atoms with Crippen LogP contribution in [0.3, 0.4) is 0 Å². The van der Waals surface area contributed by atoms with Crippen molar-refractivity contribution in [2.45, 2.75) is 48.9 Å². The number of nitrogens with zero attached hydrogens (tertiary/aromatic N) is 5. The molecule has 11 heteroatoms. The second-order valence-corrected chi connectivity index (χ2v) is 10.5. The van der Waals surface area contributed by atoms with Crippen molar-refractivity contribution in [3.63, 3.8) is 0 Å². The van der Waals surface area contributed by atoms with Gasteiger partial charge in [0, 0.05) is 57.0 Å². The fourth-order valence-electron chi connectivity index (χ4n) is 4.80. The van der Waals surface area contributed by atoms with E-state index in [0.29, 0.717) is 30.3 Å². The summed E-state index contributed by atoms with van der Waals surface area (Å²) in [5, 5.41) is 10.5. The standard InChI is InChI=1S/C25H32N6O4S/c1-15(32)24(33)30-9-5-16(6-10-30)7-11-31-17-4-8-27-23(26)22(17)28-25(31)36-21-13-20-19(34-14-35-20)12-18(21)29(2)3/h4,8,12-13,15-16,32H,5-7,9-11,14H2,1-3H3,(H2,26,27)/t15-/m0/s1. The van der Waals surface area contributed by atoms with E-state index in [1.165, 1.54) is 6.92 Å². The van der Waals surface area contributed by atoms with Crippen LogP contribution in [0.15, 0.2) is 34.4 Å². The Kier molecular flexibility index (Phi) is 6.85. The lowest BCUT2D eigenvalue weighted by Gasteiger charge is -2.33. The van der Waals surface area contributed by atoms with Crippen LogP contribution in [-0.2, 0) is 11.3 Å². The number of hydrogen-bond acceptors (Lipinski definition) is 9. The van der Waals surface area contributed by atoms with E-state index < -0.39 is 6.10 Å². The smallest absolute Gasteiger partial charge is 0.251 e. The third kappa shape index (κ3) is 4.77. The van der Waals surface area contributed by atoms with Crippen LogP contribution in [0.5, 0.6) is 11.5 Å². The number of imidazole rings is 1. The second kappa shape index (κ2) is 10.1. The first-order valence-corrected chi connectivity index (χ1v) is 13.0. The molecule has 3 N–H and O–H groups in total. The number of aliphatic hydroxyl groups excluding tert-OH is 1. The minimum absolute atomic E-state index is 0.184. The number of aryl methyl sites for hydroxylation is 1. The Labute approximate surface area is 214 Å². The predicted octanol–water partition coefficient (Wildman–Crippen LogP) is 2.97. The molecule has 0 bridgehead atoms. The SMILES string of the molecule is C[C@H](O)C(=O)N1CCC(CCn2c(Sc3cc4c(cc3N(C)C)OCO4)nc3c(N)nccc32)CC1. The Morgan fingerprint density at radius 2 is 2.00 bits per heavy atom. The number of hydrogen-bond donors (Lipinski definition) is 2. The van der Waals surface area contributed by atoms with Crippen LogP contribution in [0.4, 0.5) is 11.5 Å². The van der Waals surface area contributed by atoms with Gasteiger partial charge < -0.3 is 34.7 Å². The molecule has 2 aromatic heterocycles. The van der Waals surface area contributed by atoms with Crippen LogP contribution < -0.4 is 20.1 Å². The molecule has 5 rings (SSSR count). The monoisotopic (exact) mass is 512 g/mol. The normalized spacial score (nSPS) is 16.5. The van der Waals surface area contributed by atoms with Gasteiger partial charge in [-0.15, -0.1) is 0 Å². The maximum Gasteiger partial charge on any atom is 0.251 e. The molecule has 0 unspecified atom stereocenters.